The van der Waals surface area contributed by atoms with Crippen molar-refractivity contribution in [3.63, 3.8) is 0 Å². The predicted octanol–water partition coefficient (Wildman–Crippen LogP) is 3.76. The lowest BCUT2D eigenvalue weighted by atomic mass is 9.93. The van der Waals surface area contributed by atoms with Crippen LogP contribution in [0.15, 0.2) is 30.6 Å². The molecule has 4 aromatic rings. The van der Waals surface area contributed by atoms with E-state index < -0.39 is 0 Å². The molecule has 5 rings (SSSR count). The third kappa shape index (κ3) is 3.33. The highest BCUT2D eigenvalue weighted by Crippen LogP contribution is 2.30. The van der Waals surface area contributed by atoms with Gasteiger partial charge in [-0.3, -0.25) is 0 Å². The van der Waals surface area contributed by atoms with Crippen LogP contribution in [0.5, 0.6) is 0 Å². The number of methoxy groups -OCH3 is 1. The van der Waals surface area contributed by atoms with Crippen molar-refractivity contribution in [2.45, 2.75) is 51.3 Å². The number of nitrogens with one attached hydrogen (secondary N) is 2. The van der Waals surface area contributed by atoms with Gasteiger partial charge in [-0.05, 0) is 50.3 Å². The molecule has 0 bridgehead atoms. The van der Waals surface area contributed by atoms with Crippen LogP contribution in [0.4, 0.5) is 5.95 Å². The van der Waals surface area contributed by atoms with E-state index in [0.717, 1.165) is 65.4 Å². The Hall–Kier alpha value is -3.00. The van der Waals surface area contributed by atoms with Gasteiger partial charge < -0.3 is 15.0 Å². The number of benzene rings is 1. The van der Waals surface area contributed by atoms with E-state index in [-0.39, 0.29) is 0 Å². The van der Waals surface area contributed by atoms with Gasteiger partial charge in [-0.15, -0.1) is 5.10 Å². The lowest BCUT2D eigenvalue weighted by Gasteiger charge is -2.28. The van der Waals surface area contributed by atoms with Crippen molar-refractivity contribution in [3.8, 4) is 11.1 Å². The van der Waals surface area contributed by atoms with Crippen LogP contribution in [-0.2, 0) is 11.3 Å². The van der Waals surface area contributed by atoms with E-state index in [0.29, 0.717) is 18.1 Å². The minimum absolute atomic E-state index is 0.388. The highest BCUT2D eigenvalue weighted by atomic mass is 16.5. The van der Waals surface area contributed by atoms with Gasteiger partial charge >= 0.3 is 0 Å². The number of H-pyrrole nitrogens is 1. The fourth-order valence-electron chi connectivity index (χ4n) is 4.21. The molecule has 2 N–H and O–H groups in total. The zero-order valence-corrected chi connectivity index (χ0v) is 16.7. The Bertz CT molecular complexity index is 1140. The second-order valence-electron chi connectivity index (χ2n) is 7.62. The number of anilines is 1. The Morgan fingerprint density at radius 2 is 2.10 bits per heavy atom. The fourth-order valence-corrected chi connectivity index (χ4v) is 4.21. The van der Waals surface area contributed by atoms with Crippen LogP contribution < -0.4 is 5.32 Å². The molecule has 0 spiro atoms. The second kappa shape index (κ2) is 7.44. The Labute approximate surface area is 168 Å². The molecule has 0 radical (unpaired) electrons. The van der Waals surface area contributed by atoms with Gasteiger partial charge in [-0.25, -0.2) is 9.67 Å². The number of ether oxygens (including phenoxy) is 1. The first-order chi connectivity index (χ1) is 14.2. The Morgan fingerprint density at radius 3 is 2.90 bits per heavy atom. The summed E-state index contributed by atoms with van der Waals surface area (Å²) in [5.41, 5.74) is 4.96. The first-order valence-corrected chi connectivity index (χ1v) is 10.2. The molecular weight excluding hydrogens is 366 g/mol. The van der Waals surface area contributed by atoms with Crippen molar-refractivity contribution in [1.82, 2.24) is 29.9 Å². The molecule has 1 saturated carbocycles. The maximum Gasteiger partial charge on any atom is 0.224 e. The van der Waals surface area contributed by atoms with Crippen molar-refractivity contribution < 1.29 is 4.74 Å². The van der Waals surface area contributed by atoms with E-state index in [9.17, 15) is 0 Å². The van der Waals surface area contributed by atoms with Crippen LogP contribution >= 0.6 is 0 Å². The summed E-state index contributed by atoms with van der Waals surface area (Å²) in [4.78, 5) is 12.6. The van der Waals surface area contributed by atoms with Gasteiger partial charge in [0.15, 0.2) is 0 Å². The average Bonchev–Trinajstić information content (AvgIpc) is 3.37. The van der Waals surface area contributed by atoms with Crippen LogP contribution in [0, 0.1) is 0 Å². The summed E-state index contributed by atoms with van der Waals surface area (Å²) in [6, 6.07) is 6.61. The van der Waals surface area contributed by atoms with E-state index in [1.807, 2.05) is 23.1 Å². The van der Waals surface area contributed by atoms with Crippen molar-refractivity contribution >= 4 is 28.0 Å². The summed E-state index contributed by atoms with van der Waals surface area (Å²) < 4.78 is 7.36. The molecule has 0 amide bonds. The van der Waals surface area contributed by atoms with Crippen molar-refractivity contribution in [3.05, 3.63) is 30.6 Å². The minimum atomic E-state index is 0.388. The largest absolute Gasteiger partial charge is 0.381 e. The van der Waals surface area contributed by atoms with Gasteiger partial charge in [-0.1, -0.05) is 11.3 Å². The van der Waals surface area contributed by atoms with Crippen molar-refractivity contribution in [2.75, 3.05) is 12.4 Å². The summed E-state index contributed by atoms with van der Waals surface area (Å²) in [5.74, 6) is 0.676. The lowest BCUT2D eigenvalue weighted by molar-refractivity contribution is 0.0681. The fraction of sp³-hybridized carbons (Fsp3) is 0.429. The van der Waals surface area contributed by atoms with E-state index >= 15 is 0 Å². The molecule has 0 aliphatic heterocycles. The average molecular weight is 391 g/mol. The van der Waals surface area contributed by atoms with Gasteiger partial charge in [0.05, 0.1) is 11.6 Å². The van der Waals surface area contributed by atoms with Crippen LogP contribution in [0.3, 0.4) is 0 Å². The number of hydrogen-bond acceptors (Lipinski definition) is 6. The summed E-state index contributed by atoms with van der Waals surface area (Å²) in [5, 5.41) is 12.9. The molecule has 1 aliphatic rings. The number of aromatic amines is 1. The van der Waals surface area contributed by atoms with E-state index in [1.165, 1.54) is 0 Å². The van der Waals surface area contributed by atoms with Crippen molar-refractivity contribution in [1.29, 1.82) is 0 Å². The number of nitrogens with zero attached hydrogens (tertiary/aromatic N) is 5. The Balaban J connectivity index is 1.41. The molecule has 8 heteroatoms. The number of aromatic nitrogens is 6. The molecule has 0 saturated heterocycles. The van der Waals surface area contributed by atoms with Crippen LogP contribution in [0.2, 0.25) is 0 Å². The summed E-state index contributed by atoms with van der Waals surface area (Å²) in [6.45, 7) is 2.86. The van der Waals surface area contributed by atoms with E-state index in [2.05, 4.69) is 44.7 Å². The standard InChI is InChI=1S/C21H25N7O/c1-3-28-19-10-13(4-9-18(19)26-27-28)16-11-22-20-17(16)12-23-21(25-20)24-14-5-7-15(29-2)8-6-14/h4,9-12,14-15H,3,5-8H2,1-2H3,(H2,22,23,24,25). The summed E-state index contributed by atoms with van der Waals surface area (Å²) in [7, 11) is 1.79. The number of rotatable bonds is 5. The first kappa shape index (κ1) is 18.1. The van der Waals surface area contributed by atoms with Gasteiger partial charge in [-0.2, -0.15) is 4.98 Å². The van der Waals surface area contributed by atoms with Crippen molar-refractivity contribution in [2.24, 2.45) is 0 Å². The Morgan fingerprint density at radius 1 is 1.24 bits per heavy atom. The zero-order valence-electron chi connectivity index (χ0n) is 16.7. The van der Waals surface area contributed by atoms with Gasteiger partial charge in [0.1, 0.15) is 11.2 Å². The highest BCUT2D eigenvalue weighted by molar-refractivity contribution is 5.95. The predicted molar refractivity (Wildman–Crippen MR) is 113 cm³/mol. The smallest absolute Gasteiger partial charge is 0.224 e. The highest BCUT2D eigenvalue weighted by Gasteiger charge is 2.21. The Kier molecular flexibility index (Phi) is 4.63. The molecule has 0 unspecified atom stereocenters. The molecule has 8 nitrogen and oxygen atoms in total. The van der Waals surface area contributed by atoms with Crippen LogP contribution in [0.25, 0.3) is 33.2 Å². The molecule has 150 valence electrons. The van der Waals surface area contributed by atoms with Gasteiger partial charge in [0.25, 0.3) is 0 Å². The molecule has 29 heavy (non-hydrogen) atoms. The quantitative estimate of drug-likeness (QED) is 0.538. The third-order valence-electron chi connectivity index (χ3n) is 5.90. The maximum atomic E-state index is 5.45. The monoisotopic (exact) mass is 391 g/mol. The van der Waals surface area contributed by atoms with Gasteiger partial charge in [0, 0.05) is 43.0 Å². The lowest BCUT2D eigenvalue weighted by Crippen LogP contribution is -2.29. The zero-order chi connectivity index (χ0) is 19.8. The number of aryl methyl sites for hydroxylation is 1. The molecule has 1 aliphatic carbocycles. The van der Waals surface area contributed by atoms with E-state index in [4.69, 9.17) is 9.72 Å². The van der Waals surface area contributed by atoms with Gasteiger partial charge in [0.2, 0.25) is 5.95 Å². The number of hydrogen-bond donors (Lipinski definition) is 2. The summed E-state index contributed by atoms with van der Waals surface area (Å²) >= 11 is 0. The SMILES string of the molecule is CCn1nnc2ccc(-c3c[nH]c4nc(NC5CCC(OC)CC5)ncc34)cc21. The molecule has 1 aromatic carbocycles. The van der Waals surface area contributed by atoms with Crippen LogP contribution in [-0.4, -0.2) is 49.2 Å². The molecular formula is C21H25N7O. The van der Waals surface area contributed by atoms with E-state index in [1.54, 1.807) is 7.11 Å². The normalized spacial score (nSPS) is 19.8. The molecule has 1 fully saturated rings. The molecule has 3 heterocycles. The topological polar surface area (TPSA) is 93.5 Å². The minimum Gasteiger partial charge on any atom is -0.381 e. The molecule has 0 atom stereocenters. The first-order valence-electron chi connectivity index (χ1n) is 10.2. The summed E-state index contributed by atoms with van der Waals surface area (Å²) in [6.07, 6.45) is 8.59. The second-order valence-corrected chi connectivity index (χ2v) is 7.62. The maximum absolute atomic E-state index is 5.45. The third-order valence-corrected chi connectivity index (χ3v) is 5.90. The van der Waals surface area contributed by atoms with Crippen LogP contribution in [0.1, 0.15) is 32.6 Å². The number of fused-ring (bicyclic) bond motifs is 2. The molecule has 3 aromatic heterocycles.